The number of nitrogens with one attached hydrogen (secondary N) is 2. The number of piperazine rings is 1. The molecule has 0 radical (unpaired) electrons. The molecule has 0 bridgehead atoms. The van der Waals surface area contributed by atoms with Crippen LogP contribution in [0.3, 0.4) is 0 Å². The summed E-state index contributed by atoms with van der Waals surface area (Å²) < 4.78 is 10.8. The fraction of sp³-hybridized carbons (Fsp3) is 0.417. The molecule has 0 spiro atoms. The molecule has 1 aliphatic rings. The summed E-state index contributed by atoms with van der Waals surface area (Å²) in [6.07, 6.45) is 0. The molecule has 1 heterocycles. The topological polar surface area (TPSA) is 83.1 Å². The van der Waals surface area contributed by atoms with Crippen molar-refractivity contribution in [3.63, 3.8) is 0 Å². The first kappa shape index (κ1) is 23.6. The zero-order valence-corrected chi connectivity index (χ0v) is 18.6. The summed E-state index contributed by atoms with van der Waals surface area (Å²) in [5.74, 6) is -0.0793. The van der Waals surface area contributed by atoms with E-state index < -0.39 is 6.03 Å². The quantitative estimate of drug-likeness (QED) is 0.555. The number of urea groups is 1. The van der Waals surface area contributed by atoms with Crippen molar-refractivity contribution in [2.75, 3.05) is 62.8 Å². The Morgan fingerprint density at radius 3 is 2.44 bits per heavy atom. The van der Waals surface area contributed by atoms with E-state index in [1.807, 2.05) is 43.3 Å². The first-order valence-electron chi connectivity index (χ1n) is 11.0. The third-order valence-electron chi connectivity index (χ3n) is 5.18. The van der Waals surface area contributed by atoms with Gasteiger partial charge in [-0.15, -0.1) is 0 Å². The molecular formula is C24H32N4O4. The number of carbonyl (C=O) groups excluding carboxylic acids is 2. The molecule has 1 saturated heterocycles. The third kappa shape index (κ3) is 7.55. The Morgan fingerprint density at radius 2 is 1.69 bits per heavy atom. The van der Waals surface area contributed by atoms with Gasteiger partial charge in [-0.2, -0.15) is 0 Å². The summed E-state index contributed by atoms with van der Waals surface area (Å²) in [5.41, 5.74) is 2.77. The minimum atomic E-state index is -0.407. The smallest absolute Gasteiger partial charge is 0.319 e. The van der Waals surface area contributed by atoms with Gasteiger partial charge < -0.3 is 29.9 Å². The summed E-state index contributed by atoms with van der Waals surface area (Å²) in [7, 11) is 0. The molecule has 3 amide bonds. The monoisotopic (exact) mass is 440 g/mol. The zero-order chi connectivity index (χ0) is 22.6. The molecule has 8 heteroatoms. The van der Waals surface area contributed by atoms with Crippen molar-refractivity contribution in [1.29, 1.82) is 0 Å². The van der Waals surface area contributed by atoms with Crippen molar-refractivity contribution in [2.24, 2.45) is 0 Å². The van der Waals surface area contributed by atoms with Crippen LogP contribution in [0.5, 0.6) is 0 Å². The molecule has 172 valence electrons. The van der Waals surface area contributed by atoms with E-state index in [2.05, 4.69) is 27.7 Å². The van der Waals surface area contributed by atoms with Crippen LogP contribution in [0.25, 0.3) is 0 Å². The molecule has 1 aliphatic heterocycles. The second-order valence-corrected chi connectivity index (χ2v) is 7.46. The number of hydrogen-bond donors (Lipinski definition) is 2. The lowest BCUT2D eigenvalue weighted by molar-refractivity contribution is -0.130. The van der Waals surface area contributed by atoms with E-state index >= 15 is 0 Å². The van der Waals surface area contributed by atoms with Gasteiger partial charge in [0.2, 0.25) is 5.91 Å². The molecule has 0 aromatic heterocycles. The van der Waals surface area contributed by atoms with Gasteiger partial charge in [-0.1, -0.05) is 30.3 Å². The molecule has 32 heavy (non-hydrogen) atoms. The maximum Gasteiger partial charge on any atom is 0.319 e. The van der Waals surface area contributed by atoms with Crippen LogP contribution in [-0.2, 0) is 20.9 Å². The highest BCUT2D eigenvalue weighted by Gasteiger charge is 2.21. The predicted octanol–water partition coefficient (Wildman–Crippen LogP) is 2.71. The van der Waals surface area contributed by atoms with Crippen LogP contribution in [0.4, 0.5) is 16.2 Å². The number of amides is 3. The highest BCUT2D eigenvalue weighted by molar-refractivity contribution is 5.92. The van der Waals surface area contributed by atoms with Crippen molar-refractivity contribution in [3.05, 3.63) is 60.2 Å². The zero-order valence-electron chi connectivity index (χ0n) is 18.6. The molecule has 0 saturated carbocycles. The summed E-state index contributed by atoms with van der Waals surface area (Å²) in [4.78, 5) is 28.8. The Balaban J connectivity index is 1.36. The molecule has 2 aromatic carbocycles. The van der Waals surface area contributed by atoms with Crippen molar-refractivity contribution in [2.45, 2.75) is 13.5 Å². The summed E-state index contributed by atoms with van der Waals surface area (Å²) in [6, 6.07) is 17.2. The van der Waals surface area contributed by atoms with Crippen LogP contribution in [0, 0.1) is 0 Å². The van der Waals surface area contributed by atoms with Gasteiger partial charge in [0, 0.05) is 44.2 Å². The Hall–Kier alpha value is -3.10. The first-order valence-corrected chi connectivity index (χ1v) is 11.0. The van der Waals surface area contributed by atoms with Crippen molar-refractivity contribution in [3.8, 4) is 0 Å². The largest absolute Gasteiger partial charge is 0.379 e. The molecule has 0 aliphatic carbocycles. The number of carbonyl (C=O) groups is 2. The molecular weight excluding hydrogens is 408 g/mol. The fourth-order valence-corrected chi connectivity index (χ4v) is 3.49. The first-order chi connectivity index (χ1) is 15.7. The van der Waals surface area contributed by atoms with Gasteiger partial charge in [0.25, 0.3) is 0 Å². The highest BCUT2D eigenvalue weighted by atomic mass is 16.5. The molecule has 2 N–H and O–H groups in total. The van der Waals surface area contributed by atoms with Crippen molar-refractivity contribution < 1.29 is 19.1 Å². The Bertz CT molecular complexity index is 854. The number of benzene rings is 2. The lowest BCUT2D eigenvalue weighted by Gasteiger charge is -2.36. The van der Waals surface area contributed by atoms with Crippen LogP contribution in [0.2, 0.25) is 0 Å². The van der Waals surface area contributed by atoms with Gasteiger partial charge in [0.1, 0.15) is 0 Å². The summed E-state index contributed by atoms with van der Waals surface area (Å²) in [5, 5.41) is 5.42. The number of hydrogen-bond acceptors (Lipinski definition) is 5. The maximum absolute atomic E-state index is 12.5. The average Bonchev–Trinajstić information content (AvgIpc) is 2.83. The van der Waals surface area contributed by atoms with E-state index in [1.54, 1.807) is 11.0 Å². The Labute approximate surface area is 189 Å². The van der Waals surface area contributed by atoms with Gasteiger partial charge >= 0.3 is 6.03 Å². The minimum Gasteiger partial charge on any atom is -0.379 e. The van der Waals surface area contributed by atoms with Gasteiger partial charge in [-0.25, -0.2) is 4.79 Å². The van der Waals surface area contributed by atoms with Crippen LogP contribution in [0.1, 0.15) is 12.5 Å². The van der Waals surface area contributed by atoms with Crippen molar-refractivity contribution >= 4 is 23.3 Å². The normalized spacial score (nSPS) is 13.7. The summed E-state index contributed by atoms with van der Waals surface area (Å²) in [6.45, 7) is 6.95. The average molecular weight is 441 g/mol. The van der Waals surface area contributed by atoms with Gasteiger partial charge in [0.05, 0.1) is 26.4 Å². The van der Waals surface area contributed by atoms with Crippen molar-refractivity contribution in [1.82, 2.24) is 10.2 Å². The number of anilines is 2. The van der Waals surface area contributed by atoms with Crippen LogP contribution in [-0.4, -0.2) is 69.4 Å². The SMILES string of the molecule is CCOCCOCc1cccc(NC(=O)NCC(=O)N2CCN(c3ccccc3)CC2)c1. The minimum absolute atomic E-state index is 0.0304. The third-order valence-corrected chi connectivity index (χ3v) is 5.18. The Morgan fingerprint density at radius 1 is 0.938 bits per heavy atom. The second-order valence-electron chi connectivity index (χ2n) is 7.46. The summed E-state index contributed by atoms with van der Waals surface area (Å²) >= 11 is 0. The molecule has 3 rings (SSSR count). The van der Waals surface area contributed by atoms with Crippen LogP contribution in [0.15, 0.2) is 54.6 Å². The Kier molecular flexibility index (Phi) is 9.34. The number of para-hydroxylation sites is 1. The molecule has 0 unspecified atom stereocenters. The molecule has 2 aromatic rings. The second kappa shape index (κ2) is 12.7. The van der Waals surface area contributed by atoms with Crippen LogP contribution < -0.4 is 15.5 Å². The number of rotatable bonds is 10. The van der Waals surface area contributed by atoms with Gasteiger partial charge in [-0.3, -0.25) is 4.79 Å². The van der Waals surface area contributed by atoms with E-state index in [-0.39, 0.29) is 12.5 Å². The number of nitrogens with zero attached hydrogens (tertiary/aromatic N) is 2. The lowest BCUT2D eigenvalue weighted by Crippen LogP contribution is -2.51. The maximum atomic E-state index is 12.5. The van der Waals surface area contributed by atoms with Crippen LogP contribution >= 0.6 is 0 Å². The van der Waals surface area contributed by atoms with E-state index in [0.717, 1.165) is 18.7 Å². The lowest BCUT2D eigenvalue weighted by atomic mass is 10.2. The van der Waals surface area contributed by atoms with E-state index in [0.29, 0.717) is 45.2 Å². The van der Waals surface area contributed by atoms with E-state index in [1.165, 1.54) is 5.69 Å². The van der Waals surface area contributed by atoms with E-state index in [4.69, 9.17) is 9.47 Å². The highest BCUT2D eigenvalue weighted by Crippen LogP contribution is 2.15. The van der Waals surface area contributed by atoms with Gasteiger partial charge in [0.15, 0.2) is 0 Å². The molecule has 0 atom stereocenters. The molecule has 1 fully saturated rings. The van der Waals surface area contributed by atoms with E-state index in [9.17, 15) is 9.59 Å². The number of ether oxygens (including phenoxy) is 2. The predicted molar refractivity (Wildman–Crippen MR) is 125 cm³/mol. The van der Waals surface area contributed by atoms with Gasteiger partial charge in [-0.05, 0) is 36.8 Å². The standard InChI is InChI=1S/C24H32N4O4/c1-2-31-15-16-32-19-20-7-6-8-21(17-20)26-24(30)25-18-23(29)28-13-11-27(12-14-28)22-9-4-3-5-10-22/h3-10,17H,2,11-16,18-19H2,1H3,(H2,25,26,30). The molecule has 8 nitrogen and oxygen atoms in total. The fourth-order valence-electron chi connectivity index (χ4n) is 3.49.